The van der Waals surface area contributed by atoms with Gasteiger partial charge in [-0.2, -0.15) is 0 Å². The van der Waals surface area contributed by atoms with Gasteiger partial charge in [-0.15, -0.1) is 0 Å². The van der Waals surface area contributed by atoms with Gasteiger partial charge in [-0.25, -0.2) is 8.42 Å². The minimum atomic E-state index is -3.40. The number of sulfone groups is 1. The molecule has 0 aliphatic carbocycles. The summed E-state index contributed by atoms with van der Waals surface area (Å²) in [6.07, 6.45) is 0.295. The summed E-state index contributed by atoms with van der Waals surface area (Å²) < 4.78 is 28.0. The number of carbonyl (C=O) groups excluding carboxylic acids is 1. The van der Waals surface area contributed by atoms with E-state index in [2.05, 4.69) is 4.74 Å². The molecule has 0 atom stereocenters. The number of aromatic hydroxyl groups is 1. The van der Waals surface area contributed by atoms with E-state index in [0.717, 1.165) is 0 Å². The second kappa shape index (κ2) is 5.67. The van der Waals surface area contributed by atoms with Crippen LogP contribution in [0, 0.1) is 0 Å². The molecule has 1 rings (SSSR count). The lowest BCUT2D eigenvalue weighted by atomic mass is 10.3. The molecule has 0 saturated carbocycles. The van der Waals surface area contributed by atoms with Gasteiger partial charge < -0.3 is 9.84 Å². The van der Waals surface area contributed by atoms with Crippen molar-refractivity contribution in [2.75, 3.05) is 12.9 Å². The first kappa shape index (κ1) is 13.5. The minimum absolute atomic E-state index is 0.0125. The van der Waals surface area contributed by atoms with E-state index in [1.807, 2.05) is 0 Å². The lowest BCUT2D eigenvalue weighted by molar-refractivity contribution is -0.140. The molecule has 17 heavy (non-hydrogen) atoms. The average Bonchev–Trinajstić information content (AvgIpc) is 2.29. The van der Waals surface area contributed by atoms with Crippen LogP contribution in [-0.4, -0.2) is 32.4 Å². The number of rotatable bonds is 5. The van der Waals surface area contributed by atoms with Crippen molar-refractivity contribution in [3.05, 3.63) is 24.3 Å². The summed E-state index contributed by atoms with van der Waals surface area (Å²) in [5, 5.41) is 9.05. The Morgan fingerprint density at radius 3 is 2.41 bits per heavy atom. The SMILES string of the molecule is COC(=O)CCCS(=O)(=O)c1ccc(O)cc1. The molecular weight excluding hydrogens is 244 g/mol. The Morgan fingerprint density at radius 1 is 1.29 bits per heavy atom. The molecule has 0 fully saturated rings. The lowest BCUT2D eigenvalue weighted by Crippen LogP contribution is -2.09. The van der Waals surface area contributed by atoms with Crippen molar-refractivity contribution in [2.24, 2.45) is 0 Å². The summed E-state index contributed by atoms with van der Waals surface area (Å²) in [4.78, 5) is 11.0. The summed E-state index contributed by atoms with van der Waals surface area (Å²) in [5.41, 5.74) is 0. The van der Waals surface area contributed by atoms with Crippen LogP contribution >= 0.6 is 0 Å². The van der Waals surface area contributed by atoms with E-state index >= 15 is 0 Å². The molecule has 6 heteroatoms. The summed E-state index contributed by atoms with van der Waals surface area (Å²) >= 11 is 0. The molecule has 0 spiro atoms. The van der Waals surface area contributed by atoms with Crippen molar-refractivity contribution < 1.29 is 23.1 Å². The van der Waals surface area contributed by atoms with Gasteiger partial charge in [-0.05, 0) is 30.7 Å². The minimum Gasteiger partial charge on any atom is -0.508 e. The molecule has 0 heterocycles. The van der Waals surface area contributed by atoms with Gasteiger partial charge >= 0.3 is 5.97 Å². The van der Waals surface area contributed by atoms with Crippen molar-refractivity contribution >= 4 is 15.8 Å². The van der Waals surface area contributed by atoms with Crippen molar-refractivity contribution in [2.45, 2.75) is 17.7 Å². The van der Waals surface area contributed by atoms with E-state index in [-0.39, 0.29) is 29.2 Å². The molecule has 0 unspecified atom stereocenters. The van der Waals surface area contributed by atoms with E-state index < -0.39 is 15.8 Å². The molecule has 0 aliphatic rings. The predicted molar refractivity (Wildman–Crippen MR) is 61.4 cm³/mol. The monoisotopic (exact) mass is 258 g/mol. The highest BCUT2D eigenvalue weighted by Gasteiger charge is 2.14. The maximum Gasteiger partial charge on any atom is 0.305 e. The van der Waals surface area contributed by atoms with Crippen LogP contribution in [0.1, 0.15) is 12.8 Å². The van der Waals surface area contributed by atoms with Crippen LogP contribution in [0.3, 0.4) is 0 Å². The number of phenols is 1. The molecule has 0 aromatic heterocycles. The van der Waals surface area contributed by atoms with Gasteiger partial charge in [-0.3, -0.25) is 4.79 Å². The highest BCUT2D eigenvalue weighted by atomic mass is 32.2. The molecule has 1 N–H and O–H groups in total. The van der Waals surface area contributed by atoms with E-state index in [1.165, 1.54) is 31.4 Å². The fraction of sp³-hybridized carbons (Fsp3) is 0.364. The number of ether oxygens (including phenoxy) is 1. The number of methoxy groups -OCH3 is 1. The number of carbonyl (C=O) groups is 1. The quantitative estimate of drug-likeness (QED) is 0.800. The van der Waals surface area contributed by atoms with Gasteiger partial charge in [0.15, 0.2) is 9.84 Å². The molecule has 1 aromatic rings. The van der Waals surface area contributed by atoms with Gasteiger partial charge in [0.1, 0.15) is 5.75 Å². The average molecular weight is 258 g/mol. The van der Waals surface area contributed by atoms with Gasteiger partial charge in [0, 0.05) is 6.42 Å². The van der Waals surface area contributed by atoms with Crippen molar-refractivity contribution in [3.63, 3.8) is 0 Å². The summed E-state index contributed by atoms with van der Waals surface area (Å²) in [6.45, 7) is 0. The Labute approximate surface area is 100.0 Å². The van der Waals surface area contributed by atoms with Crippen LogP contribution in [0.15, 0.2) is 29.2 Å². The van der Waals surface area contributed by atoms with Gasteiger partial charge in [0.05, 0.1) is 17.8 Å². The van der Waals surface area contributed by atoms with Crippen LogP contribution in [0.2, 0.25) is 0 Å². The first-order valence-electron chi connectivity index (χ1n) is 5.04. The third kappa shape index (κ3) is 4.07. The Morgan fingerprint density at radius 2 is 1.88 bits per heavy atom. The first-order chi connectivity index (χ1) is 7.95. The van der Waals surface area contributed by atoms with Gasteiger partial charge in [0.25, 0.3) is 0 Å². The van der Waals surface area contributed by atoms with Crippen LogP contribution < -0.4 is 0 Å². The number of phenolic OH excluding ortho intramolecular Hbond substituents is 1. The zero-order chi connectivity index (χ0) is 12.9. The predicted octanol–water partition coefficient (Wildman–Crippen LogP) is 1.12. The van der Waals surface area contributed by atoms with Crippen molar-refractivity contribution in [1.82, 2.24) is 0 Å². The normalized spacial score (nSPS) is 11.1. The maximum absolute atomic E-state index is 11.8. The van der Waals surface area contributed by atoms with Gasteiger partial charge in [0.2, 0.25) is 0 Å². The van der Waals surface area contributed by atoms with E-state index in [9.17, 15) is 13.2 Å². The molecule has 1 aromatic carbocycles. The molecule has 0 bridgehead atoms. The summed E-state index contributed by atoms with van der Waals surface area (Å²) in [6, 6.07) is 5.30. The Balaban J connectivity index is 2.63. The van der Waals surface area contributed by atoms with E-state index in [0.29, 0.717) is 0 Å². The third-order valence-electron chi connectivity index (χ3n) is 2.22. The molecule has 0 amide bonds. The standard InChI is InChI=1S/C11H14O5S/c1-16-11(13)3-2-8-17(14,15)10-6-4-9(12)5-7-10/h4-7,12H,2-3,8H2,1H3. The summed E-state index contributed by atoms with van der Waals surface area (Å²) in [7, 11) is -2.14. The largest absolute Gasteiger partial charge is 0.508 e. The molecule has 0 radical (unpaired) electrons. The zero-order valence-electron chi connectivity index (χ0n) is 9.42. The zero-order valence-corrected chi connectivity index (χ0v) is 10.2. The Kier molecular flexibility index (Phi) is 4.51. The summed E-state index contributed by atoms with van der Waals surface area (Å²) in [5.74, 6) is -0.531. The molecule has 5 nitrogen and oxygen atoms in total. The van der Waals surface area contributed by atoms with Gasteiger partial charge in [-0.1, -0.05) is 0 Å². The third-order valence-corrected chi connectivity index (χ3v) is 4.03. The molecule has 94 valence electrons. The Hall–Kier alpha value is -1.56. The second-order valence-corrected chi connectivity index (χ2v) is 5.60. The van der Waals surface area contributed by atoms with Crippen LogP contribution in [0.25, 0.3) is 0 Å². The maximum atomic E-state index is 11.8. The first-order valence-corrected chi connectivity index (χ1v) is 6.69. The highest BCUT2D eigenvalue weighted by molar-refractivity contribution is 7.91. The van der Waals surface area contributed by atoms with Crippen molar-refractivity contribution in [3.8, 4) is 5.75 Å². The number of hydrogen-bond donors (Lipinski definition) is 1. The van der Waals surface area contributed by atoms with Crippen LogP contribution in [0.5, 0.6) is 5.75 Å². The smallest absolute Gasteiger partial charge is 0.305 e. The van der Waals surface area contributed by atoms with Crippen LogP contribution in [-0.2, 0) is 19.4 Å². The number of esters is 1. The highest BCUT2D eigenvalue weighted by Crippen LogP contribution is 2.16. The fourth-order valence-corrected chi connectivity index (χ4v) is 2.59. The number of benzene rings is 1. The second-order valence-electron chi connectivity index (χ2n) is 3.49. The topological polar surface area (TPSA) is 80.7 Å². The van der Waals surface area contributed by atoms with Crippen LogP contribution in [0.4, 0.5) is 0 Å². The number of hydrogen-bond acceptors (Lipinski definition) is 5. The molecule has 0 saturated heterocycles. The van der Waals surface area contributed by atoms with E-state index in [1.54, 1.807) is 0 Å². The Bertz CT molecular complexity index is 475. The van der Waals surface area contributed by atoms with Crippen molar-refractivity contribution in [1.29, 1.82) is 0 Å². The molecular formula is C11H14O5S. The van der Waals surface area contributed by atoms with E-state index in [4.69, 9.17) is 5.11 Å². The molecule has 0 aliphatic heterocycles. The lowest BCUT2D eigenvalue weighted by Gasteiger charge is -2.04. The fourth-order valence-electron chi connectivity index (χ4n) is 1.28.